The topological polar surface area (TPSA) is 32.7 Å². The number of hydrogen-bond donors (Lipinski definition) is 0. The van der Waals surface area contributed by atoms with E-state index >= 15 is 0 Å². The van der Waals surface area contributed by atoms with Crippen LogP contribution in [0.1, 0.15) is 18.4 Å². The second kappa shape index (κ2) is 6.43. The van der Waals surface area contributed by atoms with Crippen LogP contribution in [-0.2, 0) is 4.79 Å². The zero-order chi connectivity index (χ0) is 15.4. The molecule has 21 heavy (non-hydrogen) atoms. The SMILES string of the molecule is CN(C)N=C/C=C1\CC/C(=C\c2ccc(F)c(F)c2)C1=O. The molecule has 0 amide bonds. The molecule has 0 bridgehead atoms. The molecule has 1 saturated carbocycles. The minimum absolute atomic E-state index is 0.0649. The maximum atomic E-state index is 13.1. The summed E-state index contributed by atoms with van der Waals surface area (Å²) in [6.45, 7) is 0. The smallest absolute Gasteiger partial charge is 0.185 e. The molecule has 0 radical (unpaired) electrons. The number of rotatable bonds is 3. The average Bonchev–Trinajstić information content (AvgIpc) is 2.75. The van der Waals surface area contributed by atoms with E-state index in [0.717, 1.165) is 12.1 Å². The van der Waals surface area contributed by atoms with Crippen molar-refractivity contribution in [2.75, 3.05) is 14.1 Å². The molecule has 1 fully saturated rings. The Labute approximate surface area is 122 Å². The minimum Gasteiger partial charge on any atom is -0.303 e. The lowest BCUT2D eigenvalue weighted by Gasteiger charge is -2.00. The van der Waals surface area contributed by atoms with Crippen LogP contribution in [0.4, 0.5) is 8.78 Å². The van der Waals surface area contributed by atoms with Gasteiger partial charge >= 0.3 is 0 Å². The fourth-order valence-corrected chi connectivity index (χ4v) is 2.06. The molecule has 0 N–H and O–H groups in total. The molecule has 2 rings (SSSR count). The van der Waals surface area contributed by atoms with Gasteiger partial charge < -0.3 is 5.01 Å². The molecular weight excluding hydrogens is 274 g/mol. The predicted molar refractivity (Wildman–Crippen MR) is 78.8 cm³/mol. The zero-order valence-corrected chi connectivity index (χ0v) is 11.9. The molecule has 1 aromatic rings. The van der Waals surface area contributed by atoms with Gasteiger partial charge in [-0.2, -0.15) is 5.10 Å². The van der Waals surface area contributed by atoms with Gasteiger partial charge in [0.15, 0.2) is 17.4 Å². The van der Waals surface area contributed by atoms with Gasteiger partial charge in [-0.05, 0) is 42.7 Å². The highest BCUT2D eigenvalue weighted by atomic mass is 19.2. The largest absolute Gasteiger partial charge is 0.303 e. The summed E-state index contributed by atoms with van der Waals surface area (Å²) in [6, 6.07) is 3.60. The highest BCUT2D eigenvalue weighted by Gasteiger charge is 2.22. The quantitative estimate of drug-likeness (QED) is 0.486. The number of hydrazone groups is 1. The number of Topliss-reactive ketones (excluding diaryl/α,β-unsaturated/α-hetero) is 1. The Morgan fingerprint density at radius 2 is 1.86 bits per heavy atom. The van der Waals surface area contributed by atoms with Crippen LogP contribution >= 0.6 is 0 Å². The maximum absolute atomic E-state index is 13.1. The monoisotopic (exact) mass is 290 g/mol. The lowest BCUT2D eigenvalue weighted by Crippen LogP contribution is -2.01. The van der Waals surface area contributed by atoms with Crippen molar-refractivity contribution in [1.29, 1.82) is 0 Å². The van der Waals surface area contributed by atoms with E-state index in [9.17, 15) is 13.6 Å². The first-order chi connectivity index (χ1) is 9.97. The van der Waals surface area contributed by atoms with Crippen molar-refractivity contribution < 1.29 is 13.6 Å². The molecule has 110 valence electrons. The van der Waals surface area contributed by atoms with Crippen LogP contribution in [0.15, 0.2) is 40.5 Å². The van der Waals surface area contributed by atoms with Gasteiger partial charge in [-0.25, -0.2) is 8.78 Å². The van der Waals surface area contributed by atoms with Gasteiger partial charge in [0, 0.05) is 31.5 Å². The number of allylic oxidation sites excluding steroid dienone is 3. The number of ketones is 1. The number of carbonyl (C=O) groups is 1. The first kappa shape index (κ1) is 15.1. The summed E-state index contributed by atoms with van der Waals surface area (Å²) in [6.07, 6.45) is 6.10. The summed E-state index contributed by atoms with van der Waals surface area (Å²) in [7, 11) is 3.58. The number of hydrogen-bond acceptors (Lipinski definition) is 3. The maximum Gasteiger partial charge on any atom is 0.185 e. The number of halogens is 2. The molecule has 0 aromatic heterocycles. The Bertz CT molecular complexity index is 646. The van der Waals surface area contributed by atoms with Gasteiger partial charge in [0.25, 0.3) is 0 Å². The second-order valence-electron chi connectivity index (χ2n) is 4.98. The van der Waals surface area contributed by atoms with E-state index in [1.54, 1.807) is 37.5 Å². The van der Waals surface area contributed by atoms with Gasteiger partial charge in [0.05, 0.1) is 0 Å². The van der Waals surface area contributed by atoms with Crippen LogP contribution in [0.3, 0.4) is 0 Å². The lowest BCUT2D eigenvalue weighted by molar-refractivity contribution is -0.111. The minimum atomic E-state index is -0.913. The van der Waals surface area contributed by atoms with Crippen LogP contribution in [0.5, 0.6) is 0 Å². The van der Waals surface area contributed by atoms with Crippen molar-refractivity contribution in [3.05, 3.63) is 52.6 Å². The third-order valence-corrected chi connectivity index (χ3v) is 3.10. The fourth-order valence-electron chi connectivity index (χ4n) is 2.06. The van der Waals surface area contributed by atoms with Crippen LogP contribution in [0.25, 0.3) is 6.08 Å². The molecule has 0 aliphatic heterocycles. The molecule has 3 nitrogen and oxygen atoms in total. The molecule has 1 aromatic carbocycles. The van der Waals surface area contributed by atoms with Gasteiger partial charge in [-0.1, -0.05) is 6.07 Å². The van der Waals surface area contributed by atoms with E-state index in [-0.39, 0.29) is 5.78 Å². The lowest BCUT2D eigenvalue weighted by atomic mass is 10.1. The van der Waals surface area contributed by atoms with Crippen LogP contribution in [-0.4, -0.2) is 31.1 Å². The van der Waals surface area contributed by atoms with E-state index in [1.165, 1.54) is 6.07 Å². The molecule has 5 heteroatoms. The Hall–Kier alpha value is -2.30. The summed E-state index contributed by atoms with van der Waals surface area (Å²) >= 11 is 0. The summed E-state index contributed by atoms with van der Waals surface area (Å²) in [5.41, 5.74) is 1.76. The van der Waals surface area contributed by atoms with Crippen LogP contribution < -0.4 is 0 Å². The molecule has 0 unspecified atom stereocenters. The molecule has 1 aliphatic rings. The predicted octanol–water partition coefficient (Wildman–Crippen LogP) is 3.18. The normalized spacial score (nSPS) is 19.1. The third-order valence-electron chi connectivity index (χ3n) is 3.10. The van der Waals surface area contributed by atoms with Gasteiger partial charge in [-0.3, -0.25) is 4.79 Å². The van der Waals surface area contributed by atoms with Gasteiger partial charge in [0.1, 0.15) is 0 Å². The van der Waals surface area contributed by atoms with Crippen molar-refractivity contribution in [2.24, 2.45) is 5.10 Å². The standard InChI is InChI=1S/C16H16F2N2O/c1-20(2)19-8-7-12-4-5-13(16(12)21)9-11-3-6-14(17)15(18)10-11/h3,6-10H,4-5H2,1-2H3/b12-7+,13-9+,19-8?. The van der Waals surface area contributed by atoms with Gasteiger partial charge in [0.2, 0.25) is 0 Å². The van der Waals surface area contributed by atoms with Crippen molar-refractivity contribution in [1.82, 2.24) is 5.01 Å². The Morgan fingerprint density at radius 1 is 1.14 bits per heavy atom. The van der Waals surface area contributed by atoms with E-state index in [0.29, 0.717) is 29.6 Å². The molecule has 0 spiro atoms. The van der Waals surface area contributed by atoms with E-state index in [1.807, 2.05) is 0 Å². The average molecular weight is 290 g/mol. The first-order valence-corrected chi connectivity index (χ1v) is 6.58. The highest BCUT2D eigenvalue weighted by Crippen LogP contribution is 2.27. The molecular formula is C16H16F2N2O. The highest BCUT2D eigenvalue weighted by molar-refractivity contribution is 6.14. The van der Waals surface area contributed by atoms with Crippen LogP contribution in [0, 0.1) is 11.6 Å². The van der Waals surface area contributed by atoms with Crippen molar-refractivity contribution in [3.63, 3.8) is 0 Å². The summed E-state index contributed by atoms with van der Waals surface area (Å²) in [4.78, 5) is 12.2. The zero-order valence-electron chi connectivity index (χ0n) is 11.9. The number of benzene rings is 1. The molecule has 0 atom stereocenters. The molecule has 0 saturated heterocycles. The van der Waals surface area contributed by atoms with Gasteiger partial charge in [-0.15, -0.1) is 0 Å². The van der Waals surface area contributed by atoms with Crippen molar-refractivity contribution >= 4 is 18.1 Å². The summed E-state index contributed by atoms with van der Waals surface area (Å²) in [5, 5.41) is 5.66. The third kappa shape index (κ3) is 3.84. The number of nitrogens with zero attached hydrogens (tertiary/aromatic N) is 2. The molecule has 0 heterocycles. The summed E-state index contributed by atoms with van der Waals surface area (Å²) < 4.78 is 26.0. The van der Waals surface area contributed by atoms with E-state index < -0.39 is 11.6 Å². The van der Waals surface area contributed by atoms with Crippen molar-refractivity contribution in [2.45, 2.75) is 12.8 Å². The van der Waals surface area contributed by atoms with E-state index in [4.69, 9.17) is 0 Å². The van der Waals surface area contributed by atoms with E-state index in [2.05, 4.69) is 5.10 Å². The second-order valence-corrected chi connectivity index (χ2v) is 4.98. The fraction of sp³-hybridized carbons (Fsp3) is 0.250. The Kier molecular flexibility index (Phi) is 4.62. The first-order valence-electron chi connectivity index (χ1n) is 6.58. The van der Waals surface area contributed by atoms with Crippen molar-refractivity contribution in [3.8, 4) is 0 Å². The van der Waals surface area contributed by atoms with Crippen LogP contribution in [0.2, 0.25) is 0 Å². The Morgan fingerprint density at radius 3 is 2.52 bits per heavy atom. The number of carbonyl (C=O) groups excluding carboxylic acids is 1. The summed E-state index contributed by atoms with van der Waals surface area (Å²) in [5.74, 6) is -1.87. The molecule has 1 aliphatic carbocycles. The Balaban J connectivity index is 2.17.